The summed E-state index contributed by atoms with van der Waals surface area (Å²) in [5.74, 6) is -4.31. The van der Waals surface area contributed by atoms with Gasteiger partial charge in [0.05, 0.1) is 5.92 Å². The molecule has 4 aromatic rings. The third-order valence-corrected chi connectivity index (χ3v) is 9.75. The zero-order valence-electron chi connectivity index (χ0n) is 23.5. The van der Waals surface area contributed by atoms with Crippen LogP contribution in [0.5, 0.6) is 0 Å². The van der Waals surface area contributed by atoms with Crippen molar-refractivity contribution in [3.05, 3.63) is 118 Å². The maximum Gasteiger partial charge on any atom is 0.408 e. The van der Waals surface area contributed by atoms with Gasteiger partial charge in [-0.3, -0.25) is 14.2 Å². The predicted octanol–water partition coefficient (Wildman–Crippen LogP) is 6.06. The molecule has 0 saturated heterocycles. The Hall–Kier alpha value is -4.24. The van der Waals surface area contributed by atoms with E-state index in [0.29, 0.717) is 5.56 Å². The Morgan fingerprint density at radius 3 is 2.09 bits per heavy atom. The monoisotopic (exact) mass is 620 g/mol. The average Bonchev–Trinajstić information content (AvgIpc) is 3.54. The van der Waals surface area contributed by atoms with Crippen molar-refractivity contribution >= 4 is 36.7 Å². The highest BCUT2D eigenvalue weighted by Gasteiger charge is 2.39. The van der Waals surface area contributed by atoms with E-state index >= 15 is 0 Å². The van der Waals surface area contributed by atoms with Gasteiger partial charge in [-0.15, -0.1) is 0 Å². The molecule has 0 aliphatic rings. The molecule has 0 aliphatic heterocycles. The highest BCUT2D eigenvalue weighted by Crippen LogP contribution is 2.56. The van der Waals surface area contributed by atoms with E-state index < -0.39 is 49.2 Å². The number of carbonyl (C=O) groups excluding carboxylic acids is 2. The lowest BCUT2D eigenvalue weighted by atomic mass is 9.97. The second-order valence-electron chi connectivity index (χ2n) is 10.1. The van der Waals surface area contributed by atoms with E-state index in [2.05, 4.69) is 10.6 Å². The number of benzene rings is 3. The van der Waals surface area contributed by atoms with E-state index in [1.165, 1.54) is 18.3 Å². The highest BCUT2D eigenvalue weighted by atomic mass is 32.1. The van der Waals surface area contributed by atoms with E-state index in [-0.39, 0.29) is 13.0 Å². The number of ether oxygens (including phenoxy) is 1. The lowest BCUT2D eigenvalue weighted by Gasteiger charge is -2.27. The van der Waals surface area contributed by atoms with Gasteiger partial charge in [-0.25, -0.2) is 4.79 Å². The Bertz CT molecular complexity index is 1550. The highest BCUT2D eigenvalue weighted by molar-refractivity contribution is 7.58. The van der Waals surface area contributed by atoms with Gasteiger partial charge in [0.25, 0.3) is 0 Å². The van der Waals surface area contributed by atoms with Crippen LogP contribution in [-0.4, -0.2) is 40.2 Å². The largest absolute Gasteiger partial charge is 0.480 e. The van der Waals surface area contributed by atoms with Crippen LogP contribution >= 0.6 is 18.7 Å². The standard InChI is InChI=1S/C32H33N2O7PS/c1-22(31(36)37)33-29(35)28(18-23-12-14-26(15-13-23)25-10-6-3-7-11-25)20-42(39,40)30(27-16-17-43-21-27)34-32(38)41-19-24-8-4-2-5-9-24/h2-17,21-22,28,30H,18-20H2,1H3,(H,33,35)(H,34,38)(H,36,37)(H,39,40). The van der Waals surface area contributed by atoms with Crippen LogP contribution in [0.3, 0.4) is 0 Å². The molecular formula is C32H33N2O7PS. The Kier molecular flexibility index (Phi) is 10.9. The SMILES string of the molecule is CC(NC(=O)C(Cc1ccc(-c2ccccc2)cc1)CP(=O)(O)C(NC(=O)OCc1ccccc1)c1ccsc1)C(=O)O. The second-order valence-corrected chi connectivity index (χ2v) is 13.3. The number of carboxylic acid groups (broad SMARTS) is 1. The molecule has 0 aliphatic carbocycles. The Balaban J connectivity index is 1.55. The molecule has 0 spiro atoms. The number of carbonyl (C=O) groups is 3. The maximum atomic E-state index is 14.0. The number of aliphatic carboxylic acids is 1. The fourth-order valence-corrected chi connectivity index (χ4v) is 7.38. The lowest BCUT2D eigenvalue weighted by molar-refractivity contribution is -0.141. The van der Waals surface area contributed by atoms with Crippen LogP contribution < -0.4 is 10.6 Å². The molecule has 4 rings (SSSR count). The van der Waals surface area contributed by atoms with Crippen molar-refractivity contribution < 1.29 is 33.7 Å². The van der Waals surface area contributed by atoms with Gasteiger partial charge in [0, 0.05) is 6.16 Å². The summed E-state index contributed by atoms with van der Waals surface area (Å²) in [5, 5.41) is 17.7. The number of hydrogen-bond acceptors (Lipinski definition) is 6. The van der Waals surface area contributed by atoms with Crippen molar-refractivity contribution in [1.29, 1.82) is 0 Å². The van der Waals surface area contributed by atoms with E-state index in [0.717, 1.165) is 22.3 Å². The summed E-state index contributed by atoms with van der Waals surface area (Å²) in [6.07, 6.45) is -1.32. The smallest absolute Gasteiger partial charge is 0.408 e. The van der Waals surface area contributed by atoms with E-state index in [1.807, 2.05) is 60.7 Å². The molecule has 224 valence electrons. The molecule has 1 aromatic heterocycles. The fraction of sp³-hybridized carbons (Fsp3) is 0.219. The van der Waals surface area contributed by atoms with Crippen LogP contribution in [0, 0.1) is 5.92 Å². The molecule has 2 amide bonds. The summed E-state index contributed by atoms with van der Waals surface area (Å²) in [6.45, 7) is 1.29. The van der Waals surface area contributed by atoms with E-state index in [4.69, 9.17) is 4.74 Å². The number of hydrogen-bond donors (Lipinski definition) is 4. The first-order chi connectivity index (χ1) is 20.6. The summed E-state index contributed by atoms with van der Waals surface area (Å²) < 4.78 is 19.3. The zero-order chi connectivity index (χ0) is 30.8. The Morgan fingerprint density at radius 1 is 0.860 bits per heavy atom. The molecule has 43 heavy (non-hydrogen) atoms. The van der Waals surface area contributed by atoms with Gasteiger partial charge in [0.15, 0.2) is 0 Å². The number of rotatable bonds is 13. The Labute approximate surface area is 254 Å². The third-order valence-electron chi connectivity index (χ3n) is 6.85. The molecule has 0 saturated carbocycles. The molecule has 4 atom stereocenters. The number of thiophene rings is 1. The van der Waals surface area contributed by atoms with Gasteiger partial charge < -0.3 is 25.4 Å². The number of alkyl carbamates (subject to hydrolysis) is 1. The first kappa shape index (κ1) is 31.7. The van der Waals surface area contributed by atoms with Crippen molar-refractivity contribution in [2.45, 2.75) is 31.8 Å². The number of amides is 2. The van der Waals surface area contributed by atoms with Crippen molar-refractivity contribution in [3.63, 3.8) is 0 Å². The average molecular weight is 621 g/mol. The maximum absolute atomic E-state index is 14.0. The van der Waals surface area contributed by atoms with Gasteiger partial charge in [0.2, 0.25) is 13.3 Å². The minimum absolute atomic E-state index is 0.0319. The first-order valence-corrected chi connectivity index (χ1v) is 16.5. The minimum atomic E-state index is -4.33. The fourth-order valence-electron chi connectivity index (χ4n) is 4.53. The van der Waals surface area contributed by atoms with Crippen molar-refractivity contribution in [1.82, 2.24) is 10.6 Å². The normalized spacial score (nSPS) is 14.5. The molecular weight excluding hydrogens is 587 g/mol. The van der Waals surface area contributed by atoms with Gasteiger partial charge in [-0.1, -0.05) is 84.9 Å². The van der Waals surface area contributed by atoms with Crippen molar-refractivity contribution in [2.75, 3.05) is 6.16 Å². The second kappa shape index (κ2) is 14.8. The van der Waals surface area contributed by atoms with Crippen molar-refractivity contribution in [2.24, 2.45) is 5.92 Å². The van der Waals surface area contributed by atoms with Gasteiger partial charge in [-0.2, -0.15) is 11.3 Å². The van der Waals surface area contributed by atoms with Crippen LogP contribution in [0.4, 0.5) is 4.79 Å². The van der Waals surface area contributed by atoms with Gasteiger partial charge >= 0.3 is 12.1 Å². The third kappa shape index (κ3) is 9.12. The summed E-state index contributed by atoms with van der Waals surface area (Å²) >= 11 is 1.29. The molecule has 0 fully saturated rings. The number of carboxylic acids is 1. The zero-order valence-corrected chi connectivity index (χ0v) is 25.2. The van der Waals surface area contributed by atoms with E-state index in [9.17, 15) is 28.9 Å². The molecule has 3 aromatic carbocycles. The van der Waals surface area contributed by atoms with Crippen LogP contribution in [0.15, 0.2) is 102 Å². The first-order valence-electron chi connectivity index (χ1n) is 13.6. The lowest BCUT2D eigenvalue weighted by Crippen LogP contribution is -2.43. The molecule has 0 radical (unpaired) electrons. The van der Waals surface area contributed by atoms with Gasteiger partial charge in [-0.05, 0) is 58.0 Å². The molecule has 9 nitrogen and oxygen atoms in total. The quantitative estimate of drug-likeness (QED) is 0.133. The van der Waals surface area contributed by atoms with Crippen LogP contribution in [-0.2, 0) is 31.9 Å². The topological polar surface area (TPSA) is 142 Å². The number of nitrogens with one attached hydrogen (secondary N) is 2. The Morgan fingerprint density at radius 2 is 1.49 bits per heavy atom. The molecule has 1 heterocycles. The van der Waals surface area contributed by atoms with Crippen LogP contribution in [0.25, 0.3) is 11.1 Å². The van der Waals surface area contributed by atoms with Gasteiger partial charge in [0.1, 0.15) is 18.4 Å². The summed E-state index contributed by atoms with van der Waals surface area (Å²) in [5.41, 5.74) is 3.86. The molecule has 0 bridgehead atoms. The molecule has 4 N–H and O–H groups in total. The van der Waals surface area contributed by atoms with E-state index in [1.54, 1.807) is 41.1 Å². The molecule has 4 unspecified atom stereocenters. The van der Waals surface area contributed by atoms with Crippen molar-refractivity contribution in [3.8, 4) is 11.1 Å². The summed E-state index contributed by atoms with van der Waals surface area (Å²) in [7, 11) is -4.33. The molecule has 11 heteroatoms. The summed E-state index contributed by atoms with van der Waals surface area (Å²) in [6, 6.07) is 26.6. The summed E-state index contributed by atoms with van der Waals surface area (Å²) in [4.78, 5) is 48.9. The van der Waals surface area contributed by atoms with Crippen LogP contribution in [0.2, 0.25) is 0 Å². The van der Waals surface area contributed by atoms with Crippen LogP contribution in [0.1, 0.15) is 29.4 Å². The predicted molar refractivity (Wildman–Crippen MR) is 166 cm³/mol. The minimum Gasteiger partial charge on any atom is -0.480 e.